The van der Waals surface area contributed by atoms with Crippen LogP contribution in [-0.2, 0) is 0 Å². The van der Waals surface area contributed by atoms with Crippen LogP contribution in [0.2, 0.25) is 0 Å². The molecule has 4 heteroatoms. The second-order valence-electron chi connectivity index (χ2n) is 4.80. The van der Waals surface area contributed by atoms with E-state index in [1.165, 1.54) is 0 Å². The molecule has 0 aliphatic rings. The van der Waals surface area contributed by atoms with Crippen molar-refractivity contribution in [2.45, 2.75) is 19.9 Å². The highest BCUT2D eigenvalue weighted by Gasteiger charge is 2.10. The molecule has 1 atom stereocenters. The molecule has 4 nitrogen and oxygen atoms in total. The van der Waals surface area contributed by atoms with Gasteiger partial charge in [-0.15, -0.1) is 0 Å². The van der Waals surface area contributed by atoms with E-state index in [0.717, 1.165) is 11.3 Å². The van der Waals surface area contributed by atoms with Crippen molar-refractivity contribution >= 4 is 11.6 Å². The Balaban J connectivity index is 2.65. The van der Waals surface area contributed by atoms with E-state index in [1.807, 2.05) is 46.3 Å². The quantitative estimate of drug-likeness (QED) is 0.835. The molecule has 0 saturated carbocycles. The Kier molecular flexibility index (Phi) is 5.16. The summed E-state index contributed by atoms with van der Waals surface area (Å²) < 4.78 is 0. The zero-order valence-electron chi connectivity index (χ0n) is 11.9. The molecule has 0 saturated heterocycles. The van der Waals surface area contributed by atoms with Crippen molar-refractivity contribution < 1.29 is 4.79 Å². The van der Waals surface area contributed by atoms with Gasteiger partial charge in [0.1, 0.15) is 0 Å². The molecule has 2 N–H and O–H groups in total. The average Bonchev–Trinajstić information content (AvgIpc) is 2.35. The fraction of sp³-hybridized carbons (Fsp3) is 0.500. The molecule has 0 heterocycles. The Morgan fingerprint density at radius 1 is 1.39 bits per heavy atom. The molecule has 18 heavy (non-hydrogen) atoms. The van der Waals surface area contributed by atoms with E-state index in [1.54, 1.807) is 0 Å². The summed E-state index contributed by atoms with van der Waals surface area (Å²) >= 11 is 0. The molecule has 0 fully saturated rings. The maximum absolute atomic E-state index is 12.0. The Morgan fingerprint density at radius 2 is 2.06 bits per heavy atom. The van der Waals surface area contributed by atoms with Crippen molar-refractivity contribution in [1.29, 1.82) is 0 Å². The number of anilines is 1. The van der Waals surface area contributed by atoms with E-state index in [-0.39, 0.29) is 5.91 Å². The SMILES string of the molecule is CNc1ccc(C(=O)NCC(C)N(C)C)cc1C. The van der Waals surface area contributed by atoms with Gasteiger partial charge in [0.15, 0.2) is 0 Å². The fourth-order valence-electron chi connectivity index (χ4n) is 1.61. The van der Waals surface area contributed by atoms with E-state index < -0.39 is 0 Å². The van der Waals surface area contributed by atoms with Gasteiger partial charge >= 0.3 is 0 Å². The standard InChI is InChI=1S/C14H23N3O/c1-10-8-12(6-7-13(10)15-3)14(18)16-9-11(2)17(4)5/h6-8,11,15H,9H2,1-5H3,(H,16,18). The zero-order valence-corrected chi connectivity index (χ0v) is 11.9. The van der Waals surface area contributed by atoms with Crippen LogP contribution in [0.3, 0.4) is 0 Å². The third kappa shape index (κ3) is 3.74. The van der Waals surface area contributed by atoms with Gasteiger partial charge in [0.2, 0.25) is 0 Å². The summed E-state index contributed by atoms with van der Waals surface area (Å²) in [5, 5.41) is 6.03. The fourth-order valence-corrected chi connectivity index (χ4v) is 1.61. The van der Waals surface area contributed by atoms with Crippen molar-refractivity contribution in [1.82, 2.24) is 10.2 Å². The maximum Gasteiger partial charge on any atom is 0.251 e. The lowest BCUT2D eigenvalue weighted by Gasteiger charge is -2.20. The molecule has 0 bridgehead atoms. The number of hydrogen-bond donors (Lipinski definition) is 2. The van der Waals surface area contributed by atoms with Gasteiger partial charge in [-0.2, -0.15) is 0 Å². The van der Waals surface area contributed by atoms with Crippen LogP contribution in [0.5, 0.6) is 0 Å². The lowest BCUT2D eigenvalue weighted by atomic mass is 10.1. The number of nitrogens with zero attached hydrogens (tertiary/aromatic N) is 1. The summed E-state index contributed by atoms with van der Waals surface area (Å²) in [7, 11) is 5.88. The molecule has 0 aromatic heterocycles. The van der Waals surface area contributed by atoms with Crippen LogP contribution in [0.1, 0.15) is 22.8 Å². The smallest absolute Gasteiger partial charge is 0.251 e. The van der Waals surface area contributed by atoms with Gasteiger partial charge in [-0.05, 0) is 51.7 Å². The number of benzene rings is 1. The van der Waals surface area contributed by atoms with Crippen molar-refractivity contribution in [2.24, 2.45) is 0 Å². The molecule has 1 unspecified atom stereocenters. The summed E-state index contributed by atoms with van der Waals surface area (Å²) in [6, 6.07) is 6.00. The van der Waals surface area contributed by atoms with Gasteiger partial charge in [0, 0.05) is 30.9 Å². The number of aryl methyl sites for hydroxylation is 1. The summed E-state index contributed by atoms with van der Waals surface area (Å²) in [6.45, 7) is 4.72. The Labute approximate surface area is 109 Å². The first-order valence-corrected chi connectivity index (χ1v) is 6.18. The Hall–Kier alpha value is -1.55. The third-order valence-corrected chi connectivity index (χ3v) is 3.20. The monoisotopic (exact) mass is 249 g/mol. The van der Waals surface area contributed by atoms with Crippen molar-refractivity contribution in [3.63, 3.8) is 0 Å². The van der Waals surface area contributed by atoms with Crippen LogP contribution in [0.4, 0.5) is 5.69 Å². The van der Waals surface area contributed by atoms with Crippen LogP contribution in [0, 0.1) is 6.92 Å². The second-order valence-corrected chi connectivity index (χ2v) is 4.80. The van der Waals surface area contributed by atoms with Gasteiger partial charge in [-0.3, -0.25) is 4.79 Å². The van der Waals surface area contributed by atoms with Gasteiger partial charge in [0.25, 0.3) is 5.91 Å². The molecule has 100 valence electrons. The van der Waals surface area contributed by atoms with E-state index in [9.17, 15) is 4.79 Å². The summed E-state index contributed by atoms with van der Waals surface area (Å²) in [6.07, 6.45) is 0. The van der Waals surface area contributed by atoms with Crippen LogP contribution in [0.15, 0.2) is 18.2 Å². The van der Waals surface area contributed by atoms with E-state index in [0.29, 0.717) is 18.2 Å². The number of carbonyl (C=O) groups is 1. The molecule has 1 amide bonds. The largest absolute Gasteiger partial charge is 0.388 e. The first kappa shape index (κ1) is 14.5. The molecule has 1 rings (SSSR count). The van der Waals surface area contributed by atoms with E-state index in [4.69, 9.17) is 0 Å². The Bertz CT molecular complexity index is 416. The zero-order chi connectivity index (χ0) is 13.7. The van der Waals surface area contributed by atoms with Crippen LogP contribution < -0.4 is 10.6 Å². The summed E-state index contributed by atoms with van der Waals surface area (Å²) in [5.74, 6) is -0.0190. The first-order chi connectivity index (χ1) is 8.45. The predicted molar refractivity (Wildman–Crippen MR) is 76.2 cm³/mol. The minimum Gasteiger partial charge on any atom is -0.388 e. The molecule has 0 radical (unpaired) electrons. The van der Waals surface area contributed by atoms with Crippen molar-refractivity contribution in [3.05, 3.63) is 29.3 Å². The molecule has 1 aromatic carbocycles. The third-order valence-electron chi connectivity index (χ3n) is 3.20. The maximum atomic E-state index is 12.0. The van der Waals surface area contributed by atoms with E-state index >= 15 is 0 Å². The van der Waals surface area contributed by atoms with Crippen LogP contribution in [0.25, 0.3) is 0 Å². The number of likely N-dealkylation sites (N-methyl/N-ethyl adjacent to an activating group) is 1. The van der Waals surface area contributed by atoms with Gasteiger partial charge in [-0.1, -0.05) is 0 Å². The first-order valence-electron chi connectivity index (χ1n) is 6.18. The molecular formula is C14H23N3O. The summed E-state index contributed by atoms with van der Waals surface area (Å²) in [5.41, 5.74) is 2.83. The number of hydrogen-bond acceptors (Lipinski definition) is 3. The minimum absolute atomic E-state index is 0.0190. The number of rotatable bonds is 5. The highest BCUT2D eigenvalue weighted by Crippen LogP contribution is 2.15. The molecule has 1 aromatic rings. The second kappa shape index (κ2) is 6.40. The van der Waals surface area contributed by atoms with Crippen molar-refractivity contribution in [3.8, 4) is 0 Å². The van der Waals surface area contributed by atoms with E-state index in [2.05, 4.69) is 22.5 Å². The van der Waals surface area contributed by atoms with Crippen LogP contribution >= 0.6 is 0 Å². The normalized spacial score (nSPS) is 12.3. The molecule has 0 aliphatic carbocycles. The number of amides is 1. The molecular weight excluding hydrogens is 226 g/mol. The van der Waals surface area contributed by atoms with Gasteiger partial charge in [-0.25, -0.2) is 0 Å². The lowest BCUT2D eigenvalue weighted by molar-refractivity contribution is 0.0943. The van der Waals surface area contributed by atoms with Crippen LogP contribution in [-0.4, -0.2) is 44.5 Å². The predicted octanol–water partition coefficient (Wildman–Crippen LogP) is 1.72. The topological polar surface area (TPSA) is 44.4 Å². The van der Waals surface area contributed by atoms with Crippen molar-refractivity contribution in [2.75, 3.05) is 33.0 Å². The lowest BCUT2D eigenvalue weighted by Crippen LogP contribution is -2.38. The highest BCUT2D eigenvalue weighted by atomic mass is 16.1. The number of carbonyl (C=O) groups excluding carboxylic acids is 1. The Morgan fingerprint density at radius 3 is 2.56 bits per heavy atom. The minimum atomic E-state index is -0.0190. The summed E-state index contributed by atoms with van der Waals surface area (Å²) in [4.78, 5) is 14.1. The van der Waals surface area contributed by atoms with Gasteiger partial charge in [0.05, 0.1) is 0 Å². The molecule has 0 spiro atoms. The average molecular weight is 249 g/mol. The highest BCUT2D eigenvalue weighted by molar-refractivity contribution is 5.94. The number of nitrogens with one attached hydrogen (secondary N) is 2. The molecule has 0 aliphatic heterocycles. The van der Waals surface area contributed by atoms with Gasteiger partial charge < -0.3 is 15.5 Å².